The van der Waals surface area contributed by atoms with Crippen LogP contribution in [0.1, 0.15) is 32.1 Å². The average Bonchev–Trinajstić information content (AvgIpc) is 3.10. The van der Waals surface area contributed by atoms with Crippen LogP contribution in [0.25, 0.3) is 0 Å². The number of nitrogens with one attached hydrogen (secondary N) is 1. The van der Waals surface area contributed by atoms with Gasteiger partial charge in [0.25, 0.3) is 0 Å². The van der Waals surface area contributed by atoms with Gasteiger partial charge in [-0.05, 0) is 32.2 Å². The van der Waals surface area contributed by atoms with Gasteiger partial charge in [0.2, 0.25) is 5.91 Å². The normalized spacial score (nSPS) is 26.3. The molecular formula is C11H20N2O2. The predicted octanol–water partition coefficient (Wildman–Crippen LogP) is 0.112. The lowest BCUT2D eigenvalue weighted by atomic mass is 10.0. The molecular weight excluding hydrogens is 192 g/mol. The van der Waals surface area contributed by atoms with E-state index < -0.39 is 0 Å². The van der Waals surface area contributed by atoms with Gasteiger partial charge in [0.15, 0.2) is 0 Å². The number of aliphatic hydroxyl groups excluding tert-OH is 1. The summed E-state index contributed by atoms with van der Waals surface area (Å²) in [6, 6.07) is 0.416. The highest BCUT2D eigenvalue weighted by Crippen LogP contribution is 2.27. The summed E-state index contributed by atoms with van der Waals surface area (Å²) in [7, 11) is 0. The van der Waals surface area contributed by atoms with Gasteiger partial charge in [0.05, 0.1) is 12.6 Å². The molecule has 1 amide bonds. The molecule has 0 aromatic rings. The van der Waals surface area contributed by atoms with Crippen LogP contribution in [0.3, 0.4) is 0 Å². The average molecular weight is 212 g/mol. The molecule has 86 valence electrons. The first-order valence-electron chi connectivity index (χ1n) is 5.97. The van der Waals surface area contributed by atoms with Crippen LogP contribution in [0, 0.1) is 0 Å². The molecule has 2 N–H and O–H groups in total. The van der Waals surface area contributed by atoms with Crippen molar-refractivity contribution in [2.75, 3.05) is 19.7 Å². The summed E-state index contributed by atoms with van der Waals surface area (Å²) >= 11 is 0. The molecule has 1 atom stereocenters. The number of hydrogen-bond acceptors (Lipinski definition) is 3. The van der Waals surface area contributed by atoms with E-state index in [1.165, 1.54) is 6.42 Å². The largest absolute Gasteiger partial charge is 0.395 e. The molecule has 0 aromatic heterocycles. The maximum atomic E-state index is 12.1. The topological polar surface area (TPSA) is 52.6 Å². The minimum Gasteiger partial charge on any atom is -0.395 e. The fourth-order valence-electron chi connectivity index (χ4n) is 2.23. The maximum Gasteiger partial charge on any atom is 0.240 e. The van der Waals surface area contributed by atoms with Crippen LogP contribution in [-0.2, 0) is 4.79 Å². The van der Waals surface area contributed by atoms with Crippen molar-refractivity contribution in [3.63, 3.8) is 0 Å². The minimum absolute atomic E-state index is 0.00546. The number of hydrogen-bond donors (Lipinski definition) is 2. The monoisotopic (exact) mass is 212 g/mol. The molecule has 0 aromatic carbocycles. The van der Waals surface area contributed by atoms with Gasteiger partial charge in [0.1, 0.15) is 0 Å². The molecule has 4 heteroatoms. The molecule has 1 heterocycles. The van der Waals surface area contributed by atoms with Gasteiger partial charge < -0.3 is 15.3 Å². The molecule has 4 nitrogen and oxygen atoms in total. The molecule has 1 aliphatic carbocycles. The highest BCUT2D eigenvalue weighted by atomic mass is 16.3. The summed E-state index contributed by atoms with van der Waals surface area (Å²) in [5.74, 6) is 0.200. The molecule has 0 radical (unpaired) electrons. The van der Waals surface area contributed by atoms with Crippen molar-refractivity contribution in [3.8, 4) is 0 Å². The highest BCUT2D eigenvalue weighted by molar-refractivity contribution is 5.82. The second-order valence-electron chi connectivity index (χ2n) is 4.49. The van der Waals surface area contributed by atoms with Crippen molar-refractivity contribution >= 4 is 5.91 Å². The van der Waals surface area contributed by atoms with Crippen LogP contribution in [0.4, 0.5) is 0 Å². The molecule has 1 saturated carbocycles. The molecule has 2 aliphatic rings. The summed E-state index contributed by atoms with van der Waals surface area (Å²) in [5, 5.41) is 12.2. The first kappa shape index (κ1) is 10.9. The number of rotatable bonds is 4. The van der Waals surface area contributed by atoms with E-state index in [0.29, 0.717) is 12.6 Å². The first-order valence-corrected chi connectivity index (χ1v) is 5.97. The summed E-state index contributed by atoms with van der Waals surface area (Å²) in [6.07, 6.45) is 5.48. The molecule has 0 bridgehead atoms. The lowest BCUT2D eigenvalue weighted by molar-refractivity contribution is -0.135. The van der Waals surface area contributed by atoms with E-state index in [4.69, 9.17) is 5.11 Å². The highest BCUT2D eigenvalue weighted by Gasteiger charge is 2.35. The second-order valence-corrected chi connectivity index (χ2v) is 4.49. The third-order valence-electron chi connectivity index (χ3n) is 3.22. The Morgan fingerprint density at radius 3 is 2.67 bits per heavy atom. The van der Waals surface area contributed by atoms with Crippen molar-refractivity contribution in [1.82, 2.24) is 10.2 Å². The van der Waals surface area contributed by atoms with Gasteiger partial charge in [0, 0.05) is 12.6 Å². The number of amides is 1. The van der Waals surface area contributed by atoms with Crippen LogP contribution >= 0.6 is 0 Å². The molecule has 15 heavy (non-hydrogen) atoms. The van der Waals surface area contributed by atoms with Gasteiger partial charge in [-0.1, -0.05) is 6.42 Å². The Morgan fingerprint density at radius 1 is 1.33 bits per heavy atom. The van der Waals surface area contributed by atoms with Gasteiger partial charge in [-0.2, -0.15) is 0 Å². The van der Waals surface area contributed by atoms with Crippen molar-refractivity contribution < 1.29 is 9.90 Å². The summed E-state index contributed by atoms with van der Waals surface area (Å²) in [5.41, 5.74) is 0. The number of nitrogens with zero attached hydrogens (tertiary/aromatic N) is 1. The number of aliphatic hydroxyl groups is 1. The van der Waals surface area contributed by atoms with Crippen molar-refractivity contribution in [3.05, 3.63) is 0 Å². The number of carbonyl (C=O) groups excluding carboxylic acids is 1. The maximum absolute atomic E-state index is 12.1. The van der Waals surface area contributed by atoms with Gasteiger partial charge in [-0.15, -0.1) is 0 Å². The van der Waals surface area contributed by atoms with E-state index in [2.05, 4.69) is 5.32 Å². The van der Waals surface area contributed by atoms with Gasteiger partial charge in [-0.3, -0.25) is 4.79 Å². The Hall–Kier alpha value is -0.610. The van der Waals surface area contributed by atoms with Crippen LogP contribution in [-0.4, -0.2) is 47.7 Å². The van der Waals surface area contributed by atoms with E-state index in [1.54, 1.807) is 0 Å². The molecule has 0 unspecified atom stereocenters. The Balaban J connectivity index is 1.90. The zero-order chi connectivity index (χ0) is 10.7. The third kappa shape index (κ3) is 2.69. The van der Waals surface area contributed by atoms with Crippen molar-refractivity contribution in [2.24, 2.45) is 0 Å². The summed E-state index contributed by atoms with van der Waals surface area (Å²) in [6.45, 7) is 1.53. The molecule has 2 fully saturated rings. The zero-order valence-electron chi connectivity index (χ0n) is 9.11. The Kier molecular flexibility index (Phi) is 3.59. The van der Waals surface area contributed by atoms with E-state index in [1.807, 2.05) is 4.90 Å². The van der Waals surface area contributed by atoms with E-state index >= 15 is 0 Å². The van der Waals surface area contributed by atoms with Crippen LogP contribution in [0.15, 0.2) is 0 Å². The van der Waals surface area contributed by atoms with E-state index in [0.717, 1.165) is 32.2 Å². The minimum atomic E-state index is 0.00546. The van der Waals surface area contributed by atoms with Crippen LogP contribution in [0.2, 0.25) is 0 Å². The van der Waals surface area contributed by atoms with E-state index in [-0.39, 0.29) is 18.6 Å². The fourth-order valence-corrected chi connectivity index (χ4v) is 2.23. The number of piperidine rings is 1. The Labute approximate surface area is 90.6 Å². The summed E-state index contributed by atoms with van der Waals surface area (Å²) < 4.78 is 0. The third-order valence-corrected chi connectivity index (χ3v) is 3.22. The lowest BCUT2D eigenvalue weighted by Gasteiger charge is -2.29. The Morgan fingerprint density at radius 2 is 2.13 bits per heavy atom. The molecule has 1 saturated heterocycles. The molecule has 2 rings (SSSR count). The zero-order valence-corrected chi connectivity index (χ0v) is 9.11. The summed E-state index contributed by atoms with van der Waals surface area (Å²) in [4.78, 5) is 14.0. The van der Waals surface area contributed by atoms with Crippen LogP contribution in [0.5, 0.6) is 0 Å². The number of carbonyl (C=O) groups is 1. The standard InChI is InChI=1S/C11H20N2O2/c14-8-7-13(9-4-5-9)11(15)10-3-1-2-6-12-10/h9-10,12,14H,1-8H2/t10-/m1/s1. The molecule has 1 aliphatic heterocycles. The first-order chi connectivity index (χ1) is 7.33. The van der Waals surface area contributed by atoms with Crippen molar-refractivity contribution in [1.29, 1.82) is 0 Å². The second kappa shape index (κ2) is 4.94. The van der Waals surface area contributed by atoms with E-state index in [9.17, 15) is 4.79 Å². The lowest BCUT2D eigenvalue weighted by Crippen LogP contribution is -2.50. The predicted molar refractivity (Wildman–Crippen MR) is 57.5 cm³/mol. The Bertz CT molecular complexity index is 223. The van der Waals surface area contributed by atoms with Crippen molar-refractivity contribution in [2.45, 2.75) is 44.2 Å². The molecule has 0 spiro atoms. The SMILES string of the molecule is O=C([C@H]1CCCCN1)N(CCO)C1CC1. The van der Waals surface area contributed by atoms with Gasteiger partial charge >= 0.3 is 0 Å². The quantitative estimate of drug-likeness (QED) is 0.695. The van der Waals surface area contributed by atoms with Crippen LogP contribution < -0.4 is 5.32 Å². The fraction of sp³-hybridized carbons (Fsp3) is 0.909. The van der Waals surface area contributed by atoms with Gasteiger partial charge in [-0.25, -0.2) is 0 Å². The smallest absolute Gasteiger partial charge is 0.240 e.